The molecule has 0 aromatic heterocycles. The Hall–Kier alpha value is -3.11. The summed E-state index contributed by atoms with van der Waals surface area (Å²) in [5.74, 6) is 0.766. The maximum absolute atomic E-state index is 14.3. The zero-order valence-electron chi connectivity index (χ0n) is 17.3. The number of nitriles is 1. The smallest absolute Gasteiger partial charge is 0.241 e. The summed E-state index contributed by atoms with van der Waals surface area (Å²) in [6.45, 7) is 1.03. The fourth-order valence-corrected chi connectivity index (χ4v) is 3.94. The molecule has 1 aliphatic rings. The van der Waals surface area contributed by atoms with E-state index < -0.39 is 5.82 Å². The number of carbonyl (C=O) groups excluding carboxylic acids is 1. The van der Waals surface area contributed by atoms with Crippen molar-refractivity contribution in [2.45, 2.75) is 25.3 Å². The van der Waals surface area contributed by atoms with Gasteiger partial charge in [-0.05, 0) is 49.7 Å². The van der Waals surface area contributed by atoms with Crippen molar-refractivity contribution in [3.8, 4) is 17.6 Å². The highest BCUT2D eigenvalue weighted by molar-refractivity contribution is 5.95. The molecule has 0 radical (unpaired) electrons. The number of hydrogen-bond acceptors (Lipinski definition) is 5. The molecule has 0 N–H and O–H groups in total. The van der Waals surface area contributed by atoms with Crippen molar-refractivity contribution in [1.82, 2.24) is 4.90 Å². The summed E-state index contributed by atoms with van der Waals surface area (Å²) in [5.41, 5.74) is 1.17. The van der Waals surface area contributed by atoms with E-state index in [0.717, 1.165) is 36.4 Å². The van der Waals surface area contributed by atoms with Crippen molar-refractivity contribution in [2.75, 3.05) is 38.8 Å². The molecule has 1 atom stereocenters. The van der Waals surface area contributed by atoms with E-state index in [2.05, 4.69) is 4.90 Å². The van der Waals surface area contributed by atoms with E-state index in [4.69, 9.17) is 14.7 Å². The van der Waals surface area contributed by atoms with E-state index >= 15 is 0 Å². The first-order valence-corrected chi connectivity index (χ1v) is 9.96. The van der Waals surface area contributed by atoms with Gasteiger partial charge in [-0.3, -0.25) is 9.69 Å². The number of amides is 1. The normalized spacial score (nSPS) is 16.1. The van der Waals surface area contributed by atoms with Crippen LogP contribution in [0.3, 0.4) is 0 Å². The van der Waals surface area contributed by atoms with Crippen LogP contribution in [0, 0.1) is 17.1 Å². The van der Waals surface area contributed by atoms with Gasteiger partial charge in [-0.15, -0.1) is 0 Å². The quantitative estimate of drug-likeness (QED) is 0.659. The maximum atomic E-state index is 14.3. The molecule has 1 saturated heterocycles. The average Bonchev–Trinajstić information content (AvgIpc) is 3.22. The van der Waals surface area contributed by atoms with Gasteiger partial charge in [-0.25, -0.2) is 4.39 Å². The molecule has 7 heteroatoms. The van der Waals surface area contributed by atoms with Crippen molar-refractivity contribution in [3.63, 3.8) is 0 Å². The lowest BCUT2D eigenvalue weighted by atomic mass is 10.0. The van der Waals surface area contributed by atoms with Crippen molar-refractivity contribution in [2.24, 2.45) is 0 Å². The summed E-state index contributed by atoms with van der Waals surface area (Å²) < 4.78 is 25.2. The summed E-state index contributed by atoms with van der Waals surface area (Å²) in [6.07, 6.45) is 1.96. The fourth-order valence-electron chi connectivity index (χ4n) is 3.94. The number of likely N-dealkylation sites (tertiary alicyclic amines) is 1. The Bertz CT molecular complexity index is 928. The van der Waals surface area contributed by atoms with Crippen LogP contribution in [0.1, 0.15) is 30.9 Å². The Kier molecular flexibility index (Phi) is 7.26. The molecule has 158 valence electrons. The number of methoxy groups -OCH3 is 2. The van der Waals surface area contributed by atoms with Gasteiger partial charge in [0.2, 0.25) is 5.91 Å². The number of ether oxygens (including phenoxy) is 2. The van der Waals surface area contributed by atoms with Gasteiger partial charge in [0.25, 0.3) is 0 Å². The highest BCUT2D eigenvalue weighted by Crippen LogP contribution is 2.39. The standard InChI is InChI=1S/C23H26FN3O3/c1-29-17-10-11-22(30-2)18(15-17)20-9-5-13-26(20)16-23(28)27(14-6-12-25)21-8-4-3-7-19(21)24/h3-4,7-8,10-11,15,20H,5-6,9,13-14,16H2,1-2H3/t20-/m1/s1. The van der Waals surface area contributed by atoms with Gasteiger partial charge in [0.05, 0.1) is 38.9 Å². The van der Waals surface area contributed by atoms with Crippen LogP contribution in [-0.4, -0.2) is 44.7 Å². The zero-order valence-corrected chi connectivity index (χ0v) is 17.3. The molecule has 1 fully saturated rings. The number of carbonyl (C=O) groups is 1. The highest BCUT2D eigenvalue weighted by Gasteiger charge is 2.32. The lowest BCUT2D eigenvalue weighted by molar-refractivity contribution is -0.120. The Labute approximate surface area is 176 Å². The SMILES string of the molecule is COc1ccc(OC)c([C@H]2CCCN2CC(=O)N(CCC#N)c2ccccc2F)c1. The molecule has 0 aliphatic carbocycles. The van der Waals surface area contributed by atoms with E-state index in [1.807, 2.05) is 24.3 Å². The Morgan fingerprint density at radius 1 is 1.27 bits per heavy atom. The lowest BCUT2D eigenvalue weighted by Crippen LogP contribution is -2.41. The summed E-state index contributed by atoms with van der Waals surface area (Å²) >= 11 is 0. The van der Waals surface area contributed by atoms with E-state index in [1.54, 1.807) is 32.4 Å². The third-order valence-electron chi connectivity index (χ3n) is 5.39. The van der Waals surface area contributed by atoms with Gasteiger partial charge in [-0.2, -0.15) is 5.26 Å². The molecule has 0 saturated carbocycles. The number of rotatable bonds is 8. The number of anilines is 1. The molecule has 0 bridgehead atoms. The zero-order chi connectivity index (χ0) is 21.5. The summed E-state index contributed by atoms with van der Waals surface area (Å²) in [6, 6.07) is 13.8. The van der Waals surface area contributed by atoms with Gasteiger partial charge in [-0.1, -0.05) is 12.1 Å². The minimum Gasteiger partial charge on any atom is -0.497 e. The van der Waals surface area contributed by atoms with Crippen LogP contribution >= 0.6 is 0 Å². The second kappa shape index (κ2) is 10.1. The topological polar surface area (TPSA) is 65.8 Å². The molecule has 2 aromatic rings. The predicted molar refractivity (Wildman–Crippen MR) is 112 cm³/mol. The summed E-state index contributed by atoms with van der Waals surface area (Å²) in [7, 11) is 3.24. The Balaban J connectivity index is 1.84. The van der Waals surface area contributed by atoms with Crippen LogP contribution in [0.2, 0.25) is 0 Å². The van der Waals surface area contributed by atoms with E-state index in [0.29, 0.717) is 0 Å². The molecule has 2 aromatic carbocycles. The minimum absolute atomic E-state index is 0.00237. The van der Waals surface area contributed by atoms with Crippen LogP contribution in [0.5, 0.6) is 11.5 Å². The van der Waals surface area contributed by atoms with Crippen molar-refractivity contribution < 1.29 is 18.7 Å². The first-order chi connectivity index (χ1) is 14.6. The number of benzene rings is 2. The summed E-state index contributed by atoms with van der Waals surface area (Å²) in [5, 5.41) is 8.98. The number of nitrogens with zero attached hydrogens (tertiary/aromatic N) is 3. The first kappa shape index (κ1) is 21.6. The van der Waals surface area contributed by atoms with Gasteiger partial charge < -0.3 is 14.4 Å². The van der Waals surface area contributed by atoms with Crippen LogP contribution in [-0.2, 0) is 4.79 Å². The van der Waals surface area contributed by atoms with E-state index in [-0.39, 0.29) is 37.1 Å². The molecule has 0 spiro atoms. The monoisotopic (exact) mass is 411 g/mol. The van der Waals surface area contributed by atoms with Gasteiger partial charge in [0.1, 0.15) is 17.3 Å². The molecular weight excluding hydrogens is 385 g/mol. The molecule has 6 nitrogen and oxygen atoms in total. The first-order valence-electron chi connectivity index (χ1n) is 9.96. The minimum atomic E-state index is -0.476. The van der Waals surface area contributed by atoms with Crippen LogP contribution < -0.4 is 14.4 Å². The largest absolute Gasteiger partial charge is 0.497 e. The second-order valence-electron chi connectivity index (χ2n) is 7.14. The average molecular weight is 411 g/mol. The second-order valence-corrected chi connectivity index (χ2v) is 7.14. The number of halogens is 1. The van der Waals surface area contributed by atoms with Crippen molar-refractivity contribution in [3.05, 3.63) is 53.8 Å². The highest BCUT2D eigenvalue weighted by atomic mass is 19.1. The van der Waals surface area contributed by atoms with Gasteiger partial charge >= 0.3 is 0 Å². The lowest BCUT2D eigenvalue weighted by Gasteiger charge is -2.29. The van der Waals surface area contributed by atoms with Crippen LogP contribution in [0.4, 0.5) is 10.1 Å². The molecular formula is C23H26FN3O3. The predicted octanol–water partition coefficient (Wildman–Crippen LogP) is 3.93. The molecule has 3 rings (SSSR count). The van der Waals surface area contributed by atoms with Crippen molar-refractivity contribution in [1.29, 1.82) is 5.26 Å². The van der Waals surface area contributed by atoms with Crippen molar-refractivity contribution >= 4 is 11.6 Å². The number of para-hydroxylation sites is 1. The van der Waals surface area contributed by atoms with Crippen LogP contribution in [0.25, 0.3) is 0 Å². The number of hydrogen-bond donors (Lipinski definition) is 0. The molecule has 30 heavy (non-hydrogen) atoms. The third kappa shape index (κ3) is 4.71. The Morgan fingerprint density at radius 3 is 2.77 bits per heavy atom. The molecule has 0 unspecified atom stereocenters. The Morgan fingerprint density at radius 2 is 2.07 bits per heavy atom. The third-order valence-corrected chi connectivity index (χ3v) is 5.39. The fraction of sp³-hybridized carbons (Fsp3) is 0.391. The van der Waals surface area contributed by atoms with Gasteiger partial charge in [0.15, 0.2) is 0 Å². The van der Waals surface area contributed by atoms with E-state index in [1.165, 1.54) is 11.0 Å². The van der Waals surface area contributed by atoms with Gasteiger partial charge in [0, 0.05) is 18.2 Å². The van der Waals surface area contributed by atoms with Crippen LogP contribution in [0.15, 0.2) is 42.5 Å². The maximum Gasteiger partial charge on any atom is 0.241 e. The molecule has 1 aliphatic heterocycles. The van der Waals surface area contributed by atoms with E-state index in [9.17, 15) is 9.18 Å². The molecule has 1 heterocycles. The molecule has 1 amide bonds. The summed E-state index contributed by atoms with van der Waals surface area (Å²) in [4.78, 5) is 16.6.